The molecular weight excluding hydrogens is 492 g/mol. The van der Waals surface area contributed by atoms with Gasteiger partial charge in [-0.3, -0.25) is 10.1 Å². The van der Waals surface area contributed by atoms with Crippen LogP contribution >= 0.6 is 0 Å². The SMILES string of the molecule is CC1CC(=Cc2ccc(Oc3ccc(C(C)(C)C)cc3)c([N+](=O)[O-])c2)c2nc3ccccc3c(C(=O)O)c2C1. The van der Waals surface area contributed by atoms with Crippen LogP contribution in [0.3, 0.4) is 0 Å². The largest absolute Gasteiger partial charge is 0.478 e. The summed E-state index contributed by atoms with van der Waals surface area (Å²) in [5.74, 6) is -0.116. The maximum atomic E-state index is 12.3. The number of nitrogens with zero attached hydrogens (tertiary/aromatic N) is 2. The molecule has 3 aromatic carbocycles. The number of aromatic carboxylic acids is 1. The van der Waals surface area contributed by atoms with Crippen molar-refractivity contribution in [1.82, 2.24) is 4.98 Å². The Hall–Kier alpha value is -4.52. The Kier molecular flexibility index (Phi) is 6.68. The van der Waals surface area contributed by atoms with Crippen molar-refractivity contribution in [3.8, 4) is 11.5 Å². The Morgan fingerprint density at radius 1 is 1.08 bits per heavy atom. The first-order chi connectivity index (χ1) is 18.5. The molecule has 0 fully saturated rings. The number of hydrogen-bond donors (Lipinski definition) is 1. The molecule has 0 aliphatic heterocycles. The van der Waals surface area contributed by atoms with Crippen LogP contribution in [-0.4, -0.2) is 21.0 Å². The molecule has 0 spiro atoms. The predicted molar refractivity (Wildman–Crippen MR) is 152 cm³/mol. The van der Waals surface area contributed by atoms with Gasteiger partial charge in [-0.1, -0.05) is 64.1 Å². The maximum Gasteiger partial charge on any atom is 0.336 e. The van der Waals surface area contributed by atoms with Crippen LogP contribution in [0.4, 0.5) is 5.69 Å². The van der Waals surface area contributed by atoms with Crippen LogP contribution in [0, 0.1) is 16.0 Å². The van der Waals surface area contributed by atoms with E-state index in [1.807, 2.05) is 48.5 Å². The van der Waals surface area contributed by atoms with Gasteiger partial charge in [0.2, 0.25) is 5.75 Å². The fraction of sp³-hybridized carbons (Fsp3) is 0.250. The lowest BCUT2D eigenvalue weighted by Crippen LogP contribution is -2.17. The van der Waals surface area contributed by atoms with Crippen molar-refractivity contribution in [1.29, 1.82) is 0 Å². The Labute approximate surface area is 226 Å². The number of carboxylic acid groups (broad SMARTS) is 1. The van der Waals surface area contributed by atoms with Crippen molar-refractivity contribution in [2.45, 2.75) is 46.0 Å². The molecule has 5 rings (SSSR count). The van der Waals surface area contributed by atoms with E-state index in [-0.39, 0.29) is 28.3 Å². The van der Waals surface area contributed by atoms with Gasteiger partial charge >= 0.3 is 11.7 Å². The summed E-state index contributed by atoms with van der Waals surface area (Å²) in [7, 11) is 0. The summed E-state index contributed by atoms with van der Waals surface area (Å²) in [6.45, 7) is 8.43. The molecule has 39 heavy (non-hydrogen) atoms. The summed E-state index contributed by atoms with van der Waals surface area (Å²) in [4.78, 5) is 28.7. The highest BCUT2D eigenvalue weighted by Gasteiger charge is 2.28. The molecule has 4 aromatic rings. The summed E-state index contributed by atoms with van der Waals surface area (Å²) in [5.41, 5.74) is 4.71. The minimum Gasteiger partial charge on any atom is -0.478 e. The first kappa shape index (κ1) is 26.1. The van der Waals surface area contributed by atoms with E-state index in [4.69, 9.17) is 9.72 Å². The van der Waals surface area contributed by atoms with E-state index in [0.717, 1.165) is 11.1 Å². The molecule has 198 valence electrons. The summed E-state index contributed by atoms with van der Waals surface area (Å²) < 4.78 is 5.91. The van der Waals surface area contributed by atoms with Crippen LogP contribution in [-0.2, 0) is 11.8 Å². The van der Waals surface area contributed by atoms with Crippen molar-refractivity contribution in [2.75, 3.05) is 0 Å². The molecule has 7 nitrogen and oxygen atoms in total. The third-order valence-electron chi connectivity index (χ3n) is 7.10. The number of hydrogen-bond acceptors (Lipinski definition) is 5. The molecular formula is C32H30N2O5. The van der Waals surface area contributed by atoms with E-state index >= 15 is 0 Å². The number of fused-ring (bicyclic) bond motifs is 2. The molecule has 7 heteroatoms. The maximum absolute atomic E-state index is 12.3. The number of allylic oxidation sites excluding steroid dienone is 1. The average Bonchev–Trinajstić information content (AvgIpc) is 2.88. The quantitative estimate of drug-likeness (QED) is 0.210. The van der Waals surface area contributed by atoms with Crippen LogP contribution in [0.15, 0.2) is 66.7 Å². The Bertz CT molecular complexity index is 1630. The van der Waals surface area contributed by atoms with E-state index in [1.54, 1.807) is 18.2 Å². The minimum atomic E-state index is -0.981. The Balaban J connectivity index is 1.55. The first-order valence-electron chi connectivity index (χ1n) is 12.9. The molecule has 1 aromatic heterocycles. The van der Waals surface area contributed by atoms with Gasteiger partial charge in [0.15, 0.2) is 0 Å². The van der Waals surface area contributed by atoms with Crippen molar-refractivity contribution < 1.29 is 19.6 Å². The highest BCUT2D eigenvalue weighted by Crippen LogP contribution is 2.40. The number of benzene rings is 3. The van der Waals surface area contributed by atoms with Crippen LogP contribution in [0.5, 0.6) is 11.5 Å². The lowest BCUT2D eigenvalue weighted by Gasteiger charge is -2.26. The third-order valence-corrected chi connectivity index (χ3v) is 7.10. The molecule has 0 bridgehead atoms. The Morgan fingerprint density at radius 3 is 2.46 bits per heavy atom. The fourth-order valence-corrected chi connectivity index (χ4v) is 5.18. The standard InChI is InChI=1S/C32H30N2O5/c1-19-15-21(30-25(16-19)29(31(35)36)24-7-5-6-8-26(24)33-30)17-20-9-14-28(27(18-20)34(37)38)39-23-12-10-22(11-13-23)32(2,3)4/h5-14,17-19H,15-16H2,1-4H3,(H,35,36). The Morgan fingerprint density at radius 2 is 1.79 bits per heavy atom. The topological polar surface area (TPSA) is 103 Å². The fourth-order valence-electron chi connectivity index (χ4n) is 5.18. The van der Waals surface area contributed by atoms with E-state index in [1.165, 1.54) is 6.07 Å². The summed E-state index contributed by atoms with van der Waals surface area (Å²) >= 11 is 0. The number of para-hydroxylation sites is 1. The molecule has 1 aliphatic carbocycles. The lowest BCUT2D eigenvalue weighted by atomic mass is 9.80. The molecule has 1 unspecified atom stereocenters. The summed E-state index contributed by atoms with van der Waals surface area (Å²) in [6.07, 6.45) is 3.16. The number of pyridine rings is 1. The number of nitro groups is 1. The van der Waals surface area contributed by atoms with Crippen LogP contribution < -0.4 is 4.74 Å². The average molecular weight is 523 g/mol. The monoisotopic (exact) mass is 522 g/mol. The van der Waals surface area contributed by atoms with Gasteiger partial charge in [0, 0.05) is 11.5 Å². The highest BCUT2D eigenvalue weighted by molar-refractivity contribution is 6.06. The zero-order valence-corrected chi connectivity index (χ0v) is 22.4. The second kappa shape index (κ2) is 9.98. The third kappa shape index (κ3) is 5.25. The van der Waals surface area contributed by atoms with Gasteiger partial charge in [0.05, 0.1) is 21.7 Å². The van der Waals surface area contributed by atoms with Gasteiger partial charge in [-0.05, 0) is 76.8 Å². The van der Waals surface area contributed by atoms with Crippen molar-refractivity contribution in [3.63, 3.8) is 0 Å². The van der Waals surface area contributed by atoms with E-state index in [9.17, 15) is 20.0 Å². The van der Waals surface area contributed by atoms with Crippen molar-refractivity contribution >= 4 is 34.2 Å². The molecule has 1 aliphatic rings. The van der Waals surface area contributed by atoms with Crippen molar-refractivity contribution in [3.05, 3.63) is 105 Å². The molecule has 1 N–H and O–H groups in total. The highest BCUT2D eigenvalue weighted by atomic mass is 16.6. The smallest absolute Gasteiger partial charge is 0.336 e. The van der Waals surface area contributed by atoms with Crippen LogP contribution in [0.25, 0.3) is 22.6 Å². The zero-order valence-electron chi connectivity index (χ0n) is 22.4. The van der Waals surface area contributed by atoms with Gasteiger partial charge < -0.3 is 9.84 Å². The van der Waals surface area contributed by atoms with E-state index in [2.05, 4.69) is 27.7 Å². The van der Waals surface area contributed by atoms with E-state index in [0.29, 0.717) is 46.3 Å². The molecule has 0 saturated heterocycles. The minimum absolute atomic E-state index is 0.0126. The van der Waals surface area contributed by atoms with Crippen LogP contribution in [0.2, 0.25) is 0 Å². The summed E-state index contributed by atoms with van der Waals surface area (Å²) in [6, 6.07) is 19.7. The predicted octanol–water partition coefficient (Wildman–Crippen LogP) is 8.05. The molecule has 0 radical (unpaired) electrons. The van der Waals surface area contributed by atoms with E-state index < -0.39 is 10.9 Å². The second-order valence-electron chi connectivity index (χ2n) is 11.2. The van der Waals surface area contributed by atoms with Gasteiger partial charge in [0.25, 0.3) is 0 Å². The molecule has 0 saturated carbocycles. The lowest BCUT2D eigenvalue weighted by molar-refractivity contribution is -0.385. The van der Waals surface area contributed by atoms with Crippen molar-refractivity contribution in [2.24, 2.45) is 5.92 Å². The number of carbonyl (C=O) groups is 1. The summed E-state index contributed by atoms with van der Waals surface area (Å²) in [5, 5.41) is 22.7. The second-order valence-corrected chi connectivity index (χ2v) is 11.2. The molecule has 1 heterocycles. The van der Waals surface area contributed by atoms with Gasteiger partial charge in [-0.15, -0.1) is 0 Å². The number of ether oxygens (including phenoxy) is 1. The molecule has 0 amide bonds. The number of aromatic nitrogens is 1. The number of nitro benzene ring substituents is 1. The molecule has 1 atom stereocenters. The van der Waals surface area contributed by atoms with Gasteiger partial charge in [-0.2, -0.15) is 0 Å². The first-order valence-corrected chi connectivity index (χ1v) is 12.9. The van der Waals surface area contributed by atoms with Crippen LogP contribution in [0.1, 0.15) is 66.9 Å². The number of rotatable bonds is 5. The zero-order chi connectivity index (χ0) is 27.9. The van der Waals surface area contributed by atoms with Gasteiger partial charge in [-0.25, -0.2) is 9.78 Å². The van der Waals surface area contributed by atoms with Gasteiger partial charge in [0.1, 0.15) is 5.75 Å². The number of carboxylic acids is 1. The normalized spacial score (nSPS) is 16.2.